The van der Waals surface area contributed by atoms with Crippen LogP contribution in [0.5, 0.6) is 0 Å². The predicted octanol–water partition coefficient (Wildman–Crippen LogP) is 0.624. The lowest BCUT2D eigenvalue weighted by molar-refractivity contribution is 0.656. The smallest absolute Gasteiger partial charge is 0.147 e. The lowest BCUT2D eigenvalue weighted by Crippen LogP contribution is -2.10. The van der Waals surface area contributed by atoms with E-state index in [2.05, 4.69) is 20.5 Å². The van der Waals surface area contributed by atoms with Crippen molar-refractivity contribution >= 4 is 5.82 Å². The Morgan fingerprint density at radius 1 is 1.44 bits per heavy atom. The molecule has 6 heteroatoms. The van der Waals surface area contributed by atoms with E-state index >= 15 is 0 Å². The summed E-state index contributed by atoms with van der Waals surface area (Å²) in [5, 5.41) is 4.29. The molecule has 0 unspecified atom stereocenters. The van der Waals surface area contributed by atoms with Crippen LogP contribution in [0.15, 0.2) is 18.3 Å². The topological polar surface area (TPSA) is 81.7 Å². The molecule has 0 bridgehead atoms. The van der Waals surface area contributed by atoms with Gasteiger partial charge in [0.1, 0.15) is 17.5 Å². The van der Waals surface area contributed by atoms with Gasteiger partial charge in [0.15, 0.2) is 0 Å². The first-order valence-electron chi connectivity index (χ1n) is 4.98. The number of anilines is 1. The van der Waals surface area contributed by atoms with E-state index in [1.54, 1.807) is 6.20 Å². The fraction of sp³-hybridized carbons (Fsp3) is 0.300. The summed E-state index contributed by atoms with van der Waals surface area (Å²) in [4.78, 5) is 8.29. The van der Waals surface area contributed by atoms with E-state index in [9.17, 15) is 0 Å². The van der Waals surface area contributed by atoms with Gasteiger partial charge in [0, 0.05) is 6.20 Å². The number of nitrogens with one attached hydrogen (secondary N) is 1. The van der Waals surface area contributed by atoms with Crippen molar-refractivity contribution in [3.8, 4) is 0 Å². The van der Waals surface area contributed by atoms with Gasteiger partial charge in [-0.1, -0.05) is 0 Å². The number of aromatic nitrogens is 4. The van der Waals surface area contributed by atoms with E-state index in [-0.39, 0.29) is 0 Å². The summed E-state index contributed by atoms with van der Waals surface area (Å²) in [6.45, 7) is 4.48. The highest BCUT2D eigenvalue weighted by molar-refractivity contribution is 5.35. The summed E-state index contributed by atoms with van der Waals surface area (Å²) in [5.41, 5.74) is 3.60. The van der Waals surface area contributed by atoms with Gasteiger partial charge in [0.2, 0.25) is 0 Å². The normalized spacial score (nSPS) is 10.4. The van der Waals surface area contributed by atoms with E-state index in [0.717, 1.165) is 17.2 Å². The maximum atomic E-state index is 5.30. The van der Waals surface area contributed by atoms with Crippen molar-refractivity contribution in [2.45, 2.75) is 20.4 Å². The third-order valence-corrected chi connectivity index (χ3v) is 2.27. The molecule has 0 saturated heterocycles. The van der Waals surface area contributed by atoms with Crippen LogP contribution in [0.3, 0.4) is 0 Å². The minimum atomic E-state index is 0.645. The third kappa shape index (κ3) is 2.17. The lowest BCUT2D eigenvalue weighted by Gasteiger charge is -2.05. The van der Waals surface area contributed by atoms with Gasteiger partial charge >= 0.3 is 0 Å². The molecule has 0 amide bonds. The maximum Gasteiger partial charge on any atom is 0.147 e. The molecule has 0 radical (unpaired) electrons. The highest BCUT2D eigenvalue weighted by Crippen LogP contribution is 2.08. The highest BCUT2D eigenvalue weighted by Gasteiger charge is 2.03. The minimum absolute atomic E-state index is 0.645. The number of rotatable bonds is 3. The number of aryl methyl sites for hydroxylation is 2. The first-order valence-corrected chi connectivity index (χ1v) is 4.98. The van der Waals surface area contributed by atoms with E-state index in [1.165, 1.54) is 0 Å². The SMILES string of the molecule is Cc1nc(C)n(Cc2ccnc(NN)c2)n1. The monoisotopic (exact) mass is 218 g/mol. The molecule has 0 aliphatic carbocycles. The maximum absolute atomic E-state index is 5.30. The fourth-order valence-corrected chi connectivity index (χ4v) is 1.54. The van der Waals surface area contributed by atoms with Crippen molar-refractivity contribution in [1.29, 1.82) is 0 Å². The molecular formula is C10H14N6. The van der Waals surface area contributed by atoms with Crippen LogP contribution in [0.1, 0.15) is 17.2 Å². The van der Waals surface area contributed by atoms with Crippen LogP contribution >= 0.6 is 0 Å². The average molecular weight is 218 g/mol. The van der Waals surface area contributed by atoms with Gasteiger partial charge in [-0.3, -0.25) is 0 Å². The van der Waals surface area contributed by atoms with Crippen molar-refractivity contribution in [1.82, 2.24) is 19.7 Å². The number of nitrogens with two attached hydrogens (primary N) is 1. The Balaban J connectivity index is 2.23. The molecule has 2 rings (SSSR count). The van der Waals surface area contributed by atoms with Gasteiger partial charge in [-0.2, -0.15) is 5.10 Å². The molecule has 2 heterocycles. The number of hydrogen-bond acceptors (Lipinski definition) is 5. The van der Waals surface area contributed by atoms with Crippen molar-refractivity contribution in [3.05, 3.63) is 35.5 Å². The largest absolute Gasteiger partial charge is 0.308 e. The van der Waals surface area contributed by atoms with Gasteiger partial charge in [-0.25, -0.2) is 20.5 Å². The zero-order chi connectivity index (χ0) is 11.5. The lowest BCUT2D eigenvalue weighted by atomic mass is 10.2. The standard InChI is InChI=1S/C10H14N6/c1-7-13-8(2)16(15-7)6-9-3-4-12-10(5-9)14-11/h3-5H,6,11H2,1-2H3,(H,12,14). The summed E-state index contributed by atoms with van der Waals surface area (Å²) >= 11 is 0. The van der Waals surface area contributed by atoms with Gasteiger partial charge in [0.25, 0.3) is 0 Å². The number of nitrogens with zero attached hydrogens (tertiary/aromatic N) is 4. The molecule has 2 aromatic heterocycles. The Bertz CT molecular complexity index is 490. The second-order valence-electron chi connectivity index (χ2n) is 3.56. The molecular weight excluding hydrogens is 204 g/mol. The van der Waals surface area contributed by atoms with Crippen molar-refractivity contribution in [3.63, 3.8) is 0 Å². The Hall–Kier alpha value is -1.95. The molecule has 0 aromatic carbocycles. The van der Waals surface area contributed by atoms with Crippen LogP contribution in [0, 0.1) is 13.8 Å². The molecule has 6 nitrogen and oxygen atoms in total. The molecule has 0 aliphatic rings. The van der Waals surface area contributed by atoms with Crippen molar-refractivity contribution in [2.75, 3.05) is 5.43 Å². The first-order chi connectivity index (χ1) is 7.69. The molecule has 0 spiro atoms. The van der Waals surface area contributed by atoms with Gasteiger partial charge in [-0.15, -0.1) is 0 Å². The Morgan fingerprint density at radius 2 is 2.25 bits per heavy atom. The van der Waals surface area contributed by atoms with E-state index in [4.69, 9.17) is 5.84 Å². The fourth-order valence-electron chi connectivity index (χ4n) is 1.54. The Morgan fingerprint density at radius 3 is 2.88 bits per heavy atom. The van der Waals surface area contributed by atoms with Gasteiger partial charge in [0.05, 0.1) is 6.54 Å². The van der Waals surface area contributed by atoms with E-state index < -0.39 is 0 Å². The van der Waals surface area contributed by atoms with Crippen LogP contribution in [0.4, 0.5) is 5.82 Å². The molecule has 0 atom stereocenters. The zero-order valence-corrected chi connectivity index (χ0v) is 9.31. The molecule has 84 valence electrons. The van der Waals surface area contributed by atoms with Gasteiger partial charge in [-0.05, 0) is 31.5 Å². The van der Waals surface area contributed by atoms with Gasteiger partial charge < -0.3 is 5.43 Å². The summed E-state index contributed by atoms with van der Waals surface area (Å²) in [6, 6.07) is 3.81. The van der Waals surface area contributed by atoms with E-state index in [1.807, 2.05) is 30.7 Å². The second kappa shape index (κ2) is 4.28. The Kier molecular flexibility index (Phi) is 2.82. The molecule has 3 N–H and O–H groups in total. The van der Waals surface area contributed by atoms with Crippen LogP contribution in [-0.4, -0.2) is 19.7 Å². The van der Waals surface area contributed by atoms with E-state index in [0.29, 0.717) is 12.4 Å². The molecule has 0 fully saturated rings. The van der Waals surface area contributed by atoms with Crippen LogP contribution in [-0.2, 0) is 6.54 Å². The molecule has 16 heavy (non-hydrogen) atoms. The molecule has 0 saturated carbocycles. The summed E-state index contributed by atoms with van der Waals surface area (Å²) in [7, 11) is 0. The second-order valence-corrected chi connectivity index (χ2v) is 3.56. The summed E-state index contributed by atoms with van der Waals surface area (Å²) < 4.78 is 1.85. The number of hydrogen-bond donors (Lipinski definition) is 2. The molecule has 2 aromatic rings. The van der Waals surface area contributed by atoms with Crippen molar-refractivity contribution < 1.29 is 0 Å². The highest BCUT2D eigenvalue weighted by atomic mass is 15.3. The van der Waals surface area contributed by atoms with Crippen LogP contribution in [0.2, 0.25) is 0 Å². The third-order valence-electron chi connectivity index (χ3n) is 2.27. The van der Waals surface area contributed by atoms with Crippen LogP contribution in [0.25, 0.3) is 0 Å². The van der Waals surface area contributed by atoms with Crippen molar-refractivity contribution in [2.24, 2.45) is 5.84 Å². The quantitative estimate of drug-likeness (QED) is 0.583. The van der Waals surface area contributed by atoms with Crippen LogP contribution < -0.4 is 11.3 Å². The summed E-state index contributed by atoms with van der Waals surface area (Å²) in [5.74, 6) is 7.63. The minimum Gasteiger partial charge on any atom is -0.308 e. The number of hydrazine groups is 1. The summed E-state index contributed by atoms with van der Waals surface area (Å²) in [6.07, 6.45) is 1.71. The first kappa shape index (κ1) is 10.6. The number of nitrogen functional groups attached to an aromatic ring is 1. The Labute approximate surface area is 93.5 Å². The number of pyridine rings is 1. The zero-order valence-electron chi connectivity index (χ0n) is 9.31. The molecule has 0 aliphatic heterocycles. The average Bonchev–Trinajstić information content (AvgIpc) is 2.58. The predicted molar refractivity (Wildman–Crippen MR) is 60.6 cm³/mol.